The van der Waals surface area contributed by atoms with Crippen LogP contribution in [-0.4, -0.2) is 0 Å². The maximum Gasteiger partial charge on any atom is 0.0645 e. The lowest BCUT2D eigenvalue weighted by molar-refractivity contribution is 1.28. The molecule has 0 unspecified atom stereocenters. The maximum absolute atomic E-state index is 9.62. The number of hydrogen-bond acceptors (Lipinski definition) is 1. The molecule has 1 nitrogen and oxygen atoms in total. The van der Waals surface area contributed by atoms with E-state index in [2.05, 4.69) is 0 Å². The van der Waals surface area contributed by atoms with E-state index in [0.717, 1.165) is 49.1 Å². The Morgan fingerprint density at radius 3 is 1.20 bits per heavy atom. The lowest BCUT2D eigenvalue weighted by Crippen LogP contribution is -2.09. The summed E-state index contributed by atoms with van der Waals surface area (Å²) in [7, 11) is 0. The summed E-state index contributed by atoms with van der Waals surface area (Å²) in [6.45, 7) is 0. The minimum absolute atomic E-state index is 0.0269. The number of hydrogen-bond donors (Lipinski definition) is 0. The van der Waals surface area contributed by atoms with Gasteiger partial charge in [-0.3, -0.25) is 0 Å². The molecule has 0 spiro atoms. The Kier molecular flexibility index (Phi) is 5.89. The van der Waals surface area contributed by atoms with E-state index in [4.69, 9.17) is 12.3 Å². The van der Waals surface area contributed by atoms with Crippen molar-refractivity contribution < 1.29 is 23.3 Å². The predicted molar refractivity (Wildman–Crippen MR) is 251 cm³/mol. The predicted octanol–water partition coefficient (Wildman–Crippen LogP) is 16.3. The van der Waals surface area contributed by atoms with Crippen LogP contribution in [0.4, 0.5) is 17.1 Å². The Hall–Kier alpha value is -7.74. The Morgan fingerprint density at radius 2 is 0.627 bits per heavy atom. The van der Waals surface area contributed by atoms with Crippen molar-refractivity contribution in [2.24, 2.45) is 0 Å². The molecule has 278 valence electrons. The molecule has 0 N–H and O–H groups in total. The van der Waals surface area contributed by atoms with E-state index >= 15 is 0 Å². The van der Waals surface area contributed by atoms with Crippen molar-refractivity contribution in [3.63, 3.8) is 0 Å². The van der Waals surface area contributed by atoms with Gasteiger partial charge >= 0.3 is 0 Å². The molecule has 0 heterocycles. The number of rotatable bonds is 9. The van der Waals surface area contributed by atoms with Crippen LogP contribution < -0.4 is 4.90 Å². The van der Waals surface area contributed by atoms with Crippen molar-refractivity contribution in [1.29, 1.82) is 0 Å². The summed E-state index contributed by atoms with van der Waals surface area (Å²) in [6.07, 6.45) is 0. The quantitative estimate of drug-likeness (QED) is 0.141. The zero-order valence-corrected chi connectivity index (χ0v) is 31.3. The topological polar surface area (TPSA) is 3.24 Å². The van der Waals surface area contributed by atoms with Gasteiger partial charge in [0.05, 0.1) is 23.3 Å². The normalized spacial score (nSPS) is 15.1. The Morgan fingerprint density at radius 1 is 0.237 bits per heavy atom. The summed E-state index contributed by atoms with van der Waals surface area (Å²) in [6, 6.07) is 32.6. The number of fused-ring (bicyclic) bond motifs is 1. The van der Waals surface area contributed by atoms with Crippen molar-refractivity contribution in [2.75, 3.05) is 4.90 Å². The van der Waals surface area contributed by atoms with Gasteiger partial charge < -0.3 is 4.90 Å². The van der Waals surface area contributed by atoms with Gasteiger partial charge in [-0.25, -0.2) is 0 Å². The fourth-order valence-electron chi connectivity index (χ4n) is 6.92. The second-order valence-corrected chi connectivity index (χ2v) is 13.7. The summed E-state index contributed by atoms with van der Waals surface area (Å²) in [5.74, 6) is 0. The molecule has 10 aromatic rings. The second kappa shape index (κ2) is 16.0. The SMILES string of the molecule is [2H]c1c([2H])c([2H])c(-c2c([2H])c([2H])c(-c3c([2H])c([2H])c(N(c4ccc(-c5ccc(-c6ccccc6)cc5)cc4)c4c([2H])c([2H])c(-c5cccc(-c6ccc7ccccc7c6)c5)c([2H])c4[2H])c([2H])c3[2H])c([2H])c2[2H])c([2H])c1[2H]. The van der Waals surface area contributed by atoms with E-state index in [0.29, 0.717) is 5.56 Å². The zero-order chi connectivity index (χ0) is 54.2. The first-order valence-electron chi connectivity index (χ1n) is 27.4. The molecular formula is C58H41N. The largest absolute Gasteiger partial charge is 0.311 e. The summed E-state index contributed by atoms with van der Waals surface area (Å²) >= 11 is 0. The first kappa shape index (κ1) is 21.7. The van der Waals surface area contributed by atoms with Crippen LogP contribution >= 0.6 is 0 Å². The fourth-order valence-corrected chi connectivity index (χ4v) is 6.92. The molecule has 0 saturated carbocycles. The molecule has 59 heavy (non-hydrogen) atoms. The molecule has 0 fully saturated rings. The van der Waals surface area contributed by atoms with Crippen LogP contribution in [0.15, 0.2) is 248 Å². The number of anilines is 3. The smallest absolute Gasteiger partial charge is 0.0645 e. The molecule has 0 aromatic heterocycles. The second-order valence-electron chi connectivity index (χ2n) is 13.7. The van der Waals surface area contributed by atoms with Crippen molar-refractivity contribution in [3.8, 4) is 66.8 Å². The van der Waals surface area contributed by atoms with E-state index in [1.54, 1.807) is 42.5 Å². The summed E-state index contributed by atoms with van der Waals surface area (Å²) in [4.78, 5) is 1.12. The first-order chi connectivity index (χ1) is 36.3. The standard InChI is InChI=1S/C58H41N/c1-3-10-42(11-4-1)45-18-22-47(23-19-45)49-28-34-56(35-29-49)59(57-36-30-50(31-37-57)48-24-20-46(21-25-48)43-12-5-2-6-13-43)58-38-32-51(33-39-58)53-16-9-17-54(40-53)55-27-26-44-14-7-8-15-52(44)41-55/h1-41H/i1D,3D,4D,10D,11D,18D,19D,22D,23D,28D,29D,32D,33D,34D,35D,38D,39D. The summed E-state index contributed by atoms with van der Waals surface area (Å²) in [5.41, 5.74) is 2.20. The molecule has 0 aliphatic heterocycles. The van der Waals surface area contributed by atoms with Crippen LogP contribution in [0.5, 0.6) is 0 Å². The highest BCUT2D eigenvalue weighted by Gasteiger charge is 2.14. The minimum Gasteiger partial charge on any atom is -0.311 e. The highest BCUT2D eigenvalue weighted by Crippen LogP contribution is 2.39. The van der Waals surface area contributed by atoms with Crippen LogP contribution in [0.2, 0.25) is 0 Å². The highest BCUT2D eigenvalue weighted by atomic mass is 15.1. The average Bonchev–Trinajstić information content (AvgIpc) is 3.44. The lowest BCUT2D eigenvalue weighted by Gasteiger charge is -2.26. The lowest BCUT2D eigenvalue weighted by atomic mass is 9.97. The third-order valence-electron chi connectivity index (χ3n) is 9.98. The van der Waals surface area contributed by atoms with E-state index in [9.17, 15) is 11.0 Å². The monoisotopic (exact) mass is 768 g/mol. The maximum atomic E-state index is 9.62. The third-order valence-corrected chi connectivity index (χ3v) is 9.98. The molecule has 0 aliphatic carbocycles. The van der Waals surface area contributed by atoms with Gasteiger partial charge in [0.1, 0.15) is 0 Å². The van der Waals surface area contributed by atoms with E-state index in [-0.39, 0.29) is 11.3 Å². The fraction of sp³-hybridized carbons (Fsp3) is 0. The van der Waals surface area contributed by atoms with Gasteiger partial charge in [-0.15, -0.1) is 0 Å². The van der Waals surface area contributed by atoms with Crippen LogP contribution in [0.1, 0.15) is 23.3 Å². The van der Waals surface area contributed by atoms with Gasteiger partial charge in [0, 0.05) is 17.1 Å². The van der Waals surface area contributed by atoms with Gasteiger partial charge in [0.15, 0.2) is 0 Å². The van der Waals surface area contributed by atoms with Gasteiger partial charge in [-0.05, 0) is 126 Å². The van der Waals surface area contributed by atoms with Crippen LogP contribution in [0.3, 0.4) is 0 Å². The van der Waals surface area contributed by atoms with Gasteiger partial charge in [-0.2, -0.15) is 0 Å². The molecule has 10 aromatic carbocycles. The number of benzene rings is 10. The Balaban J connectivity index is 1.15. The molecular weight excluding hydrogens is 711 g/mol. The van der Waals surface area contributed by atoms with Crippen molar-refractivity contribution in [2.45, 2.75) is 0 Å². The van der Waals surface area contributed by atoms with Crippen LogP contribution in [0.25, 0.3) is 77.5 Å². The van der Waals surface area contributed by atoms with Crippen molar-refractivity contribution >= 4 is 27.8 Å². The average molecular weight is 769 g/mol. The van der Waals surface area contributed by atoms with E-state index < -0.39 is 136 Å². The van der Waals surface area contributed by atoms with E-state index in [1.807, 2.05) is 103 Å². The minimum atomic E-state index is -0.875. The molecule has 0 amide bonds. The molecule has 0 bridgehead atoms. The van der Waals surface area contributed by atoms with Gasteiger partial charge in [-0.1, -0.05) is 200 Å². The Bertz CT molecular complexity index is 3900. The highest BCUT2D eigenvalue weighted by molar-refractivity contribution is 5.88. The molecule has 0 radical (unpaired) electrons. The molecule has 0 atom stereocenters. The molecule has 10 rings (SSSR count). The molecule has 1 heteroatoms. The van der Waals surface area contributed by atoms with E-state index in [1.165, 1.54) is 0 Å². The van der Waals surface area contributed by atoms with Crippen molar-refractivity contribution in [1.82, 2.24) is 0 Å². The van der Waals surface area contributed by atoms with Gasteiger partial charge in [0.2, 0.25) is 0 Å². The van der Waals surface area contributed by atoms with Crippen LogP contribution in [0, 0.1) is 0 Å². The summed E-state index contributed by atoms with van der Waals surface area (Å²) < 4.78 is 154. The van der Waals surface area contributed by atoms with Crippen molar-refractivity contribution in [3.05, 3.63) is 248 Å². The Labute approximate surface area is 370 Å². The number of nitrogens with zero attached hydrogens (tertiary/aromatic N) is 1. The zero-order valence-electron chi connectivity index (χ0n) is 48.3. The van der Waals surface area contributed by atoms with Crippen LogP contribution in [-0.2, 0) is 0 Å². The summed E-state index contributed by atoms with van der Waals surface area (Å²) in [5, 5.41) is 2.05. The third kappa shape index (κ3) is 7.58. The van der Waals surface area contributed by atoms with Gasteiger partial charge in [0.25, 0.3) is 0 Å². The molecule has 0 aliphatic rings. The molecule has 0 saturated heterocycles. The first-order valence-corrected chi connectivity index (χ1v) is 18.9.